The Morgan fingerprint density at radius 3 is 2.68 bits per heavy atom. The molecule has 0 unspecified atom stereocenters. The molecule has 0 spiro atoms. The number of hydrogen-bond acceptors (Lipinski definition) is 4. The molecule has 2 N–H and O–H groups in total. The number of hydrogen-bond donors (Lipinski definition) is 2. The summed E-state index contributed by atoms with van der Waals surface area (Å²) in [5.74, 6) is 2.01. The molecular weight excluding hydrogens is 262 g/mol. The van der Waals surface area contributed by atoms with Crippen molar-refractivity contribution >= 4 is 17.7 Å². The third kappa shape index (κ3) is 13.8. The predicted octanol–water partition coefficient (Wildman–Crippen LogP) is 1.35. The van der Waals surface area contributed by atoms with E-state index in [1.807, 2.05) is 11.8 Å². The molecule has 0 aliphatic rings. The number of nitrogens with one attached hydrogen (secondary N) is 2. The molecule has 0 aromatic heterocycles. The third-order valence-corrected chi connectivity index (χ3v) is 2.95. The molecule has 5 nitrogen and oxygen atoms in total. The maximum absolute atomic E-state index is 5.40. The predicted molar refractivity (Wildman–Crippen MR) is 84.3 cm³/mol. The first kappa shape index (κ1) is 18.5. The average Bonchev–Trinajstić information content (AvgIpc) is 2.42. The molecule has 0 amide bonds. The van der Waals surface area contributed by atoms with E-state index in [0.29, 0.717) is 13.2 Å². The number of rotatable bonds is 12. The molecule has 0 fully saturated rings. The van der Waals surface area contributed by atoms with Crippen LogP contribution < -0.4 is 10.6 Å². The maximum Gasteiger partial charge on any atom is 0.191 e. The molecule has 0 atom stereocenters. The Labute approximate surface area is 121 Å². The van der Waals surface area contributed by atoms with Gasteiger partial charge in [-0.1, -0.05) is 0 Å². The van der Waals surface area contributed by atoms with Crippen LogP contribution in [0, 0.1) is 0 Å². The van der Waals surface area contributed by atoms with Crippen molar-refractivity contribution in [1.82, 2.24) is 10.6 Å². The third-order valence-electron chi connectivity index (χ3n) is 2.34. The fraction of sp³-hybridized carbons (Fsp3) is 0.923. The molecule has 19 heavy (non-hydrogen) atoms. The van der Waals surface area contributed by atoms with E-state index in [2.05, 4.69) is 28.8 Å². The van der Waals surface area contributed by atoms with E-state index >= 15 is 0 Å². The Morgan fingerprint density at radius 1 is 1.16 bits per heavy atom. The summed E-state index contributed by atoms with van der Waals surface area (Å²) in [6, 6.07) is 0. The Bertz CT molecular complexity index is 216. The molecule has 0 aromatic rings. The van der Waals surface area contributed by atoms with Crippen molar-refractivity contribution in [3.05, 3.63) is 0 Å². The van der Waals surface area contributed by atoms with Crippen molar-refractivity contribution in [2.45, 2.75) is 19.8 Å². The zero-order valence-electron chi connectivity index (χ0n) is 12.5. The Hall–Kier alpha value is -0.460. The van der Waals surface area contributed by atoms with E-state index in [4.69, 9.17) is 9.47 Å². The number of unbranched alkanes of at least 4 members (excludes halogenated alkanes) is 1. The summed E-state index contributed by atoms with van der Waals surface area (Å²) in [4.78, 5) is 4.52. The van der Waals surface area contributed by atoms with Crippen molar-refractivity contribution in [2.24, 2.45) is 4.99 Å². The van der Waals surface area contributed by atoms with Crippen LogP contribution >= 0.6 is 11.8 Å². The van der Waals surface area contributed by atoms with Gasteiger partial charge in [-0.25, -0.2) is 0 Å². The summed E-state index contributed by atoms with van der Waals surface area (Å²) in [6.07, 6.45) is 4.19. The minimum atomic E-state index is 0.669. The summed E-state index contributed by atoms with van der Waals surface area (Å²) in [5.41, 5.74) is 0. The van der Waals surface area contributed by atoms with E-state index < -0.39 is 0 Å². The lowest BCUT2D eigenvalue weighted by Gasteiger charge is -2.10. The molecule has 0 saturated heterocycles. The first-order valence-electron chi connectivity index (χ1n) is 6.93. The molecule has 0 aliphatic carbocycles. The lowest BCUT2D eigenvalue weighted by atomic mass is 10.3. The number of ether oxygens (including phenoxy) is 2. The lowest BCUT2D eigenvalue weighted by Crippen LogP contribution is -2.38. The second-order valence-electron chi connectivity index (χ2n) is 3.99. The van der Waals surface area contributed by atoms with Gasteiger partial charge in [-0.3, -0.25) is 4.99 Å². The first-order valence-corrected chi connectivity index (χ1v) is 8.32. The molecular formula is C13H29N3O2S. The molecule has 0 heterocycles. The van der Waals surface area contributed by atoms with Crippen LogP contribution in [0.3, 0.4) is 0 Å². The Morgan fingerprint density at radius 2 is 2.00 bits per heavy atom. The van der Waals surface area contributed by atoms with Gasteiger partial charge in [-0.05, 0) is 26.0 Å². The fourth-order valence-electron chi connectivity index (χ4n) is 1.36. The number of thioether (sulfide) groups is 1. The number of methoxy groups -OCH3 is 1. The highest BCUT2D eigenvalue weighted by Gasteiger charge is 1.95. The number of aliphatic imine (C=N–C) groups is 1. The van der Waals surface area contributed by atoms with Crippen LogP contribution in [0.1, 0.15) is 19.8 Å². The van der Waals surface area contributed by atoms with Crippen molar-refractivity contribution in [2.75, 3.05) is 58.6 Å². The molecule has 0 rings (SSSR count). The van der Waals surface area contributed by atoms with Crippen LogP contribution in [-0.4, -0.2) is 64.5 Å². The van der Waals surface area contributed by atoms with Crippen LogP contribution in [0.25, 0.3) is 0 Å². The van der Waals surface area contributed by atoms with Crippen molar-refractivity contribution in [3.63, 3.8) is 0 Å². The maximum atomic E-state index is 5.40. The highest BCUT2D eigenvalue weighted by atomic mass is 32.2. The largest absolute Gasteiger partial charge is 0.382 e. The van der Waals surface area contributed by atoms with Crippen LogP contribution in [0.5, 0.6) is 0 Å². The van der Waals surface area contributed by atoms with E-state index in [1.54, 1.807) is 7.11 Å². The summed E-state index contributed by atoms with van der Waals surface area (Å²) in [5, 5.41) is 6.55. The minimum Gasteiger partial charge on any atom is -0.382 e. The van der Waals surface area contributed by atoms with Crippen LogP contribution in [0.15, 0.2) is 4.99 Å². The van der Waals surface area contributed by atoms with Gasteiger partial charge in [0.1, 0.15) is 0 Å². The van der Waals surface area contributed by atoms with Gasteiger partial charge in [0.2, 0.25) is 0 Å². The zero-order chi connectivity index (χ0) is 14.2. The summed E-state index contributed by atoms with van der Waals surface area (Å²) < 4.78 is 10.3. The van der Waals surface area contributed by atoms with E-state index in [0.717, 1.165) is 50.8 Å². The number of nitrogens with zero attached hydrogens (tertiary/aromatic N) is 1. The van der Waals surface area contributed by atoms with E-state index in [1.165, 1.54) is 0 Å². The molecule has 0 aliphatic heterocycles. The Kier molecular flexibility index (Phi) is 15.2. The standard InChI is InChI=1S/C13H29N3O2S/c1-4-14-13(16-8-12-19-3)15-7-5-6-9-18-11-10-17-2/h4-12H2,1-3H3,(H2,14,15,16). The monoisotopic (exact) mass is 291 g/mol. The first-order chi connectivity index (χ1) is 9.35. The smallest absolute Gasteiger partial charge is 0.191 e. The van der Waals surface area contributed by atoms with Gasteiger partial charge in [-0.15, -0.1) is 0 Å². The normalized spacial score (nSPS) is 11.6. The topological polar surface area (TPSA) is 54.9 Å². The highest BCUT2D eigenvalue weighted by molar-refractivity contribution is 7.98. The minimum absolute atomic E-state index is 0.669. The van der Waals surface area contributed by atoms with Crippen LogP contribution in [-0.2, 0) is 9.47 Å². The van der Waals surface area contributed by atoms with Gasteiger partial charge >= 0.3 is 0 Å². The second kappa shape index (κ2) is 15.6. The van der Waals surface area contributed by atoms with Gasteiger partial charge < -0.3 is 20.1 Å². The number of guanidine groups is 1. The second-order valence-corrected chi connectivity index (χ2v) is 4.98. The fourth-order valence-corrected chi connectivity index (χ4v) is 1.67. The van der Waals surface area contributed by atoms with Crippen molar-refractivity contribution in [3.8, 4) is 0 Å². The van der Waals surface area contributed by atoms with Gasteiger partial charge in [0.05, 0.1) is 13.2 Å². The molecule has 0 saturated carbocycles. The average molecular weight is 291 g/mol. The summed E-state index contributed by atoms with van der Waals surface area (Å²) >= 11 is 1.83. The van der Waals surface area contributed by atoms with Gasteiger partial charge in [-0.2, -0.15) is 11.8 Å². The van der Waals surface area contributed by atoms with Gasteiger partial charge in [0.15, 0.2) is 5.96 Å². The van der Waals surface area contributed by atoms with Gasteiger partial charge in [0, 0.05) is 39.1 Å². The van der Waals surface area contributed by atoms with Crippen molar-refractivity contribution < 1.29 is 9.47 Å². The van der Waals surface area contributed by atoms with Gasteiger partial charge in [0.25, 0.3) is 0 Å². The van der Waals surface area contributed by atoms with Crippen LogP contribution in [0.4, 0.5) is 0 Å². The van der Waals surface area contributed by atoms with E-state index in [9.17, 15) is 0 Å². The Balaban J connectivity index is 3.55. The van der Waals surface area contributed by atoms with Crippen molar-refractivity contribution in [1.29, 1.82) is 0 Å². The SMILES string of the molecule is CCNC(=NCCCCOCCOC)NCCSC. The van der Waals surface area contributed by atoms with E-state index in [-0.39, 0.29) is 0 Å². The molecule has 0 bridgehead atoms. The zero-order valence-corrected chi connectivity index (χ0v) is 13.4. The summed E-state index contributed by atoms with van der Waals surface area (Å²) in [6.45, 7) is 6.89. The summed E-state index contributed by atoms with van der Waals surface area (Å²) in [7, 11) is 1.68. The highest BCUT2D eigenvalue weighted by Crippen LogP contribution is 1.92. The van der Waals surface area contributed by atoms with Crippen LogP contribution in [0.2, 0.25) is 0 Å². The lowest BCUT2D eigenvalue weighted by molar-refractivity contribution is 0.0690. The quantitative estimate of drug-likeness (QED) is 0.323. The molecule has 0 radical (unpaired) electrons. The molecule has 0 aromatic carbocycles. The molecule has 6 heteroatoms. The molecule has 114 valence electrons.